The molecule has 0 saturated heterocycles. The van der Waals surface area contributed by atoms with E-state index in [0.29, 0.717) is 16.6 Å². The summed E-state index contributed by atoms with van der Waals surface area (Å²) in [5, 5.41) is 4.78. The highest BCUT2D eigenvalue weighted by Crippen LogP contribution is 2.41. The van der Waals surface area contributed by atoms with Crippen molar-refractivity contribution in [2.45, 2.75) is 23.7 Å². The van der Waals surface area contributed by atoms with Gasteiger partial charge in [0.15, 0.2) is 0 Å². The summed E-state index contributed by atoms with van der Waals surface area (Å²) in [6.07, 6.45) is 4.00. The van der Waals surface area contributed by atoms with Crippen LogP contribution < -0.4 is 0 Å². The third kappa shape index (κ3) is 2.59. The minimum atomic E-state index is -3.49. The smallest absolute Gasteiger partial charge is 0.236 e. The van der Waals surface area contributed by atoms with E-state index in [4.69, 9.17) is 11.6 Å². The zero-order valence-corrected chi connectivity index (χ0v) is 13.4. The summed E-state index contributed by atoms with van der Waals surface area (Å²) in [5.41, 5.74) is 1.68. The monoisotopic (exact) mass is 325 g/mol. The maximum absolute atomic E-state index is 12.2. The number of hydrogen-bond acceptors (Lipinski definition) is 3. The van der Waals surface area contributed by atoms with Gasteiger partial charge in [-0.25, -0.2) is 17.4 Å². The summed E-state index contributed by atoms with van der Waals surface area (Å²) in [5.74, 6) is 0.498. The second kappa shape index (κ2) is 5.12. The Morgan fingerprint density at radius 2 is 2.00 bits per heavy atom. The Hall–Kier alpha value is -1.37. The normalized spacial score (nSPS) is 15.6. The van der Waals surface area contributed by atoms with Crippen molar-refractivity contribution in [1.82, 2.24) is 14.1 Å². The van der Waals surface area contributed by atoms with E-state index in [1.54, 1.807) is 23.0 Å². The predicted molar refractivity (Wildman–Crippen MR) is 81.4 cm³/mol. The van der Waals surface area contributed by atoms with E-state index < -0.39 is 10.0 Å². The van der Waals surface area contributed by atoms with Crippen LogP contribution in [0.25, 0.3) is 5.69 Å². The van der Waals surface area contributed by atoms with E-state index in [2.05, 4.69) is 5.10 Å². The van der Waals surface area contributed by atoms with Crippen molar-refractivity contribution in [2.24, 2.45) is 0 Å². The molecule has 1 aliphatic carbocycles. The first-order valence-electron chi connectivity index (χ1n) is 6.67. The standard InChI is InChI=1S/C14H16ClN3O2S/c1-17(2)21(19,20)11-5-6-12(15)14(9-11)18-13(7-8-16-18)10-3-4-10/h5-10H,3-4H2,1-2H3. The predicted octanol–water partition coefficient (Wildman–Crippen LogP) is 2.65. The van der Waals surface area contributed by atoms with Crippen LogP contribution in [0.2, 0.25) is 5.02 Å². The van der Waals surface area contributed by atoms with E-state index in [1.807, 2.05) is 6.07 Å². The van der Waals surface area contributed by atoms with Crippen LogP contribution in [-0.4, -0.2) is 36.6 Å². The van der Waals surface area contributed by atoms with Gasteiger partial charge < -0.3 is 0 Å². The molecular formula is C14H16ClN3O2S. The van der Waals surface area contributed by atoms with Gasteiger partial charge in [0.05, 0.1) is 15.6 Å². The van der Waals surface area contributed by atoms with Crippen LogP contribution in [0.4, 0.5) is 0 Å². The fourth-order valence-corrected chi connectivity index (χ4v) is 3.35. The number of rotatable bonds is 4. The molecule has 1 aliphatic rings. The third-order valence-electron chi connectivity index (χ3n) is 3.59. The molecule has 1 aromatic carbocycles. The Morgan fingerprint density at radius 1 is 1.29 bits per heavy atom. The summed E-state index contributed by atoms with van der Waals surface area (Å²) in [4.78, 5) is 0.212. The Morgan fingerprint density at radius 3 is 2.62 bits per heavy atom. The van der Waals surface area contributed by atoms with Crippen molar-refractivity contribution >= 4 is 21.6 Å². The quantitative estimate of drug-likeness (QED) is 0.868. The van der Waals surface area contributed by atoms with Crippen molar-refractivity contribution < 1.29 is 8.42 Å². The second-order valence-corrected chi connectivity index (χ2v) is 7.90. The number of sulfonamides is 1. The Labute approximate surface area is 129 Å². The van der Waals surface area contributed by atoms with Crippen molar-refractivity contribution in [3.63, 3.8) is 0 Å². The summed E-state index contributed by atoms with van der Waals surface area (Å²) in [7, 11) is -0.477. The lowest BCUT2D eigenvalue weighted by Crippen LogP contribution is -2.22. The summed E-state index contributed by atoms with van der Waals surface area (Å²) in [6.45, 7) is 0. The van der Waals surface area contributed by atoms with Crippen molar-refractivity contribution in [1.29, 1.82) is 0 Å². The molecule has 0 N–H and O–H groups in total. The molecule has 112 valence electrons. The topological polar surface area (TPSA) is 55.2 Å². The molecule has 3 rings (SSSR count). The zero-order chi connectivity index (χ0) is 15.2. The fourth-order valence-electron chi connectivity index (χ4n) is 2.23. The Balaban J connectivity index is 2.13. The number of nitrogens with zero attached hydrogens (tertiary/aromatic N) is 3. The number of aromatic nitrogens is 2. The molecule has 21 heavy (non-hydrogen) atoms. The van der Waals surface area contributed by atoms with E-state index in [9.17, 15) is 8.42 Å². The van der Waals surface area contributed by atoms with Crippen molar-refractivity contribution in [3.8, 4) is 5.69 Å². The van der Waals surface area contributed by atoms with Crippen LogP contribution in [0.15, 0.2) is 35.4 Å². The average Bonchev–Trinajstić information content (AvgIpc) is 3.17. The first-order valence-corrected chi connectivity index (χ1v) is 8.49. The van der Waals surface area contributed by atoms with Gasteiger partial charge in [-0.2, -0.15) is 5.10 Å². The van der Waals surface area contributed by atoms with Crippen LogP contribution in [0, 0.1) is 0 Å². The number of benzene rings is 1. The summed E-state index contributed by atoms with van der Waals surface area (Å²) in [6, 6.07) is 6.66. The van der Waals surface area contributed by atoms with E-state index in [0.717, 1.165) is 18.5 Å². The molecule has 1 aromatic heterocycles. The van der Waals surface area contributed by atoms with Gasteiger partial charge in [-0.05, 0) is 37.1 Å². The van der Waals surface area contributed by atoms with Crippen molar-refractivity contribution in [3.05, 3.63) is 41.2 Å². The van der Waals surface area contributed by atoms with Crippen LogP contribution in [0.5, 0.6) is 0 Å². The highest BCUT2D eigenvalue weighted by atomic mass is 35.5. The van der Waals surface area contributed by atoms with Gasteiger partial charge in [0, 0.05) is 31.9 Å². The van der Waals surface area contributed by atoms with Crippen LogP contribution in [0.1, 0.15) is 24.5 Å². The molecule has 0 aliphatic heterocycles. The van der Waals surface area contributed by atoms with Crippen LogP contribution in [-0.2, 0) is 10.0 Å². The van der Waals surface area contributed by atoms with E-state index in [1.165, 1.54) is 24.5 Å². The molecule has 7 heteroatoms. The van der Waals surface area contributed by atoms with Gasteiger partial charge in [0.2, 0.25) is 10.0 Å². The summed E-state index contributed by atoms with van der Waals surface area (Å²) >= 11 is 6.25. The molecule has 0 radical (unpaired) electrons. The van der Waals surface area contributed by atoms with Gasteiger partial charge in [0.25, 0.3) is 0 Å². The SMILES string of the molecule is CN(C)S(=O)(=O)c1ccc(Cl)c(-n2nccc2C2CC2)c1. The molecule has 0 unspecified atom stereocenters. The minimum absolute atomic E-state index is 0.212. The molecule has 1 heterocycles. The van der Waals surface area contributed by atoms with Crippen molar-refractivity contribution in [2.75, 3.05) is 14.1 Å². The number of hydrogen-bond donors (Lipinski definition) is 0. The Kier molecular flexibility index (Phi) is 3.55. The highest BCUT2D eigenvalue weighted by molar-refractivity contribution is 7.89. The minimum Gasteiger partial charge on any atom is -0.236 e. The lowest BCUT2D eigenvalue weighted by Gasteiger charge is -2.14. The average molecular weight is 326 g/mol. The van der Waals surface area contributed by atoms with Gasteiger partial charge in [-0.15, -0.1) is 0 Å². The maximum Gasteiger partial charge on any atom is 0.242 e. The Bertz CT molecular complexity index is 779. The lowest BCUT2D eigenvalue weighted by atomic mass is 10.2. The molecule has 1 saturated carbocycles. The molecule has 2 aromatic rings. The van der Waals surface area contributed by atoms with Gasteiger partial charge in [-0.3, -0.25) is 0 Å². The largest absolute Gasteiger partial charge is 0.242 e. The van der Waals surface area contributed by atoms with Gasteiger partial charge in [0.1, 0.15) is 0 Å². The van der Waals surface area contributed by atoms with Gasteiger partial charge >= 0.3 is 0 Å². The van der Waals surface area contributed by atoms with E-state index >= 15 is 0 Å². The molecule has 0 amide bonds. The first-order chi connectivity index (χ1) is 9.91. The van der Waals surface area contributed by atoms with E-state index in [-0.39, 0.29) is 4.90 Å². The molecule has 0 atom stereocenters. The summed E-state index contributed by atoms with van der Waals surface area (Å²) < 4.78 is 27.4. The third-order valence-corrected chi connectivity index (χ3v) is 5.72. The second-order valence-electron chi connectivity index (χ2n) is 5.34. The van der Waals surface area contributed by atoms with Crippen LogP contribution >= 0.6 is 11.6 Å². The maximum atomic E-state index is 12.2. The molecule has 0 bridgehead atoms. The highest BCUT2D eigenvalue weighted by Gasteiger charge is 2.28. The van der Waals surface area contributed by atoms with Crippen LogP contribution in [0.3, 0.4) is 0 Å². The first kappa shape index (κ1) is 14.6. The molecule has 1 fully saturated rings. The molecular weight excluding hydrogens is 310 g/mol. The lowest BCUT2D eigenvalue weighted by molar-refractivity contribution is 0.520. The van der Waals surface area contributed by atoms with Gasteiger partial charge in [-0.1, -0.05) is 11.6 Å². The molecule has 0 spiro atoms. The molecule has 5 nitrogen and oxygen atoms in total. The zero-order valence-electron chi connectivity index (χ0n) is 11.8. The number of halogens is 1. The fraction of sp³-hybridized carbons (Fsp3) is 0.357.